The van der Waals surface area contributed by atoms with Crippen LogP contribution in [0.2, 0.25) is 0 Å². The number of aryl methyl sites for hydroxylation is 1. The Morgan fingerprint density at radius 2 is 1.81 bits per heavy atom. The predicted molar refractivity (Wildman–Crippen MR) is 104 cm³/mol. The third kappa shape index (κ3) is 3.72. The number of aromatic nitrogens is 5. The molecule has 0 atom stereocenters. The Hall–Kier alpha value is -3.48. The molecule has 0 aliphatic heterocycles. The Labute approximate surface area is 157 Å². The van der Waals surface area contributed by atoms with Crippen LogP contribution in [0.5, 0.6) is 5.75 Å². The van der Waals surface area contributed by atoms with Gasteiger partial charge in [-0.05, 0) is 30.2 Å². The van der Waals surface area contributed by atoms with Crippen LogP contribution in [0, 0.1) is 6.92 Å². The summed E-state index contributed by atoms with van der Waals surface area (Å²) in [5, 5.41) is 11.9. The van der Waals surface area contributed by atoms with Crippen molar-refractivity contribution in [2.75, 3.05) is 12.4 Å². The molecule has 136 valence electrons. The van der Waals surface area contributed by atoms with E-state index in [2.05, 4.69) is 37.7 Å². The third-order valence-corrected chi connectivity index (χ3v) is 4.24. The average Bonchev–Trinajstić information content (AvgIpc) is 3.09. The molecule has 4 rings (SSSR count). The van der Waals surface area contributed by atoms with Crippen LogP contribution in [-0.2, 0) is 13.1 Å². The number of nitrogens with one attached hydrogen (secondary N) is 1. The number of benzene rings is 2. The van der Waals surface area contributed by atoms with Crippen LogP contribution in [0.1, 0.15) is 17.0 Å². The molecule has 0 aliphatic carbocycles. The molecule has 0 aliphatic rings. The van der Waals surface area contributed by atoms with Gasteiger partial charge in [-0.15, -0.1) is 5.10 Å². The maximum absolute atomic E-state index is 5.28. The second-order valence-electron chi connectivity index (χ2n) is 6.23. The van der Waals surface area contributed by atoms with E-state index in [4.69, 9.17) is 4.74 Å². The Morgan fingerprint density at radius 1 is 1.00 bits per heavy atom. The number of rotatable bonds is 6. The van der Waals surface area contributed by atoms with E-state index in [1.54, 1.807) is 11.8 Å². The number of hydrogen-bond acceptors (Lipinski definition) is 6. The van der Waals surface area contributed by atoms with Crippen molar-refractivity contribution in [3.05, 3.63) is 71.5 Å². The summed E-state index contributed by atoms with van der Waals surface area (Å²) in [5.41, 5.74) is 3.63. The summed E-state index contributed by atoms with van der Waals surface area (Å²) in [6.07, 6.45) is 0. The maximum atomic E-state index is 5.28. The lowest BCUT2D eigenvalue weighted by Gasteiger charge is -2.08. The molecule has 0 fully saturated rings. The molecule has 27 heavy (non-hydrogen) atoms. The van der Waals surface area contributed by atoms with Gasteiger partial charge < -0.3 is 10.1 Å². The quantitative estimate of drug-likeness (QED) is 0.569. The SMILES string of the molecule is COc1cccc(CNc2nc(C)nc3c2nnn3Cc2ccccc2)c1. The summed E-state index contributed by atoms with van der Waals surface area (Å²) < 4.78 is 7.08. The van der Waals surface area contributed by atoms with Crippen molar-refractivity contribution in [1.29, 1.82) is 0 Å². The topological polar surface area (TPSA) is 77.8 Å². The molecular formula is C20H20N6O. The van der Waals surface area contributed by atoms with Crippen LogP contribution in [-0.4, -0.2) is 32.1 Å². The second-order valence-corrected chi connectivity index (χ2v) is 6.23. The van der Waals surface area contributed by atoms with Gasteiger partial charge in [0.05, 0.1) is 13.7 Å². The Kier molecular flexibility index (Phi) is 4.65. The summed E-state index contributed by atoms with van der Waals surface area (Å²) in [7, 11) is 1.66. The fraction of sp³-hybridized carbons (Fsp3) is 0.200. The summed E-state index contributed by atoms with van der Waals surface area (Å²) >= 11 is 0. The van der Waals surface area contributed by atoms with Crippen molar-refractivity contribution < 1.29 is 4.74 Å². The van der Waals surface area contributed by atoms with E-state index < -0.39 is 0 Å². The molecule has 0 saturated carbocycles. The van der Waals surface area contributed by atoms with Crippen molar-refractivity contribution >= 4 is 17.0 Å². The summed E-state index contributed by atoms with van der Waals surface area (Å²) in [4.78, 5) is 9.05. The van der Waals surface area contributed by atoms with Gasteiger partial charge in [-0.3, -0.25) is 0 Å². The minimum atomic E-state index is 0.605. The Balaban J connectivity index is 1.61. The number of fused-ring (bicyclic) bond motifs is 1. The van der Waals surface area contributed by atoms with E-state index in [0.29, 0.717) is 30.2 Å². The minimum absolute atomic E-state index is 0.605. The average molecular weight is 360 g/mol. The van der Waals surface area contributed by atoms with Gasteiger partial charge >= 0.3 is 0 Å². The highest BCUT2D eigenvalue weighted by Gasteiger charge is 2.13. The van der Waals surface area contributed by atoms with Gasteiger partial charge in [0.2, 0.25) is 0 Å². The van der Waals surface area contributed by atoms with Crippen molar-refractivity contribution in [2.24, 2.45) is 0 Å². The lowest BCUT2D eigenvalue weighted by Crippen LogP contribution is -2.06. The summed E-state index contributed by atoms with van der Waals surface area (Å²) in [6, 6.07) is 18.0. The fourth-order valence-electron chi connectivity index (χ4n) is 2.92. The second kappa shape index (κ2) is 7.41. The molecule has 2 aromatic heterocycles. The summed E-state index contributed by atoms with van der Waals surface area (Å²) in [6.45, 7) is 3.09. The van der Waals surface area contributed by atoms with Crippen LogP contribution in [0.3, 0.4) is 0 Å². The van der Waals surface area contributed by atoms with Crippen LogP contribution in [0.4, 0.5) is 5.82 Å². The first-order valence-electron chi connectivity index (χ1n) is 8.71. The lowest BCUT2D eigenvalue weighted by molar-refractivity contribution is 0.414. The molecule has 7 heteroatoms. The third-order valence-electron chi connectivity index (χ3n) is 4.24. The zero-order valence-corrected chi connectivity index (χ0v) is 15.3. The van der Waals surface area contributed by atoms with Crippen molar-refractivity contribution in [3.8, 4) is 5.75 Å². The molecule has 4 aromatic rings. The van der Waals surface area contributed by atoms with Crippen molar-refractivity contribution in [1.82, 2.24) is 25.0 Å². The molecule has 0 amide bonds. The maximum Gasteiger partial charge on any atom is 0.184 e. The molecule has 2 aromatic carbocycles. The monoisotopic (exact) mass is 360 g/mol. The number of hydrogen-bond donors (Lipinski definition) is 1. The molecular weight excluding hydrogens is 340 g/mol. The zero-order chi connectivity index (χ0) is 18.6. The number of anilines is 1. The number of methoxy groups -OCH3 is 1. The van der Waals surface area contributed by atoms with E-state index in [9.17, 15) is 0 Å². The molecule has 0 radical (unpaired) electrons. The fourth-order valence-corrected chi connectivity index (χ4v) is 2.92. The molecule has 7 nitrogen and oxygen atoms in total. The highest BCUT2D eigenvalue weighted by molar-refractivity contribution is 5.82. The van der Waals surface area contributed by atoms with Gasteiger partial charge in [0.15, 0.2) is 17.0 Å². The van der Waals surface area contributed by atoms with E-state index in [1.165, 1.54) is 0 Å². The smallest absolute Gasteiger partial charge is 0.184 e. The normalized spacial score (nSPS) is 10.9. The van der Waals surface area contributed by atoms with E-state index in [1.807, 2.05) is 49.4 Å². The van der Waals surface area contributed by atoms with E-state index in [0.717, 1.165) is 22.5 Å². The van der Waals surface area contributed by atoms with Crippen molar-refractivity contribution in [2.45, 2.75) is 20.0 Å². The van der Waals surface area contributed by atoms with Gasteiger partial charge in [-0.1, -0.05) is 47.7 Å². The molecule has 0 saturated heterocycles. The van der Waals surface area contributed by atoms with Crippen molar-refractivity contribution in [3.63, 3.8) is 0 Å². The van der Waals surface area contributed by atoms with Crippen LogP contribution < -0.4 is 10.1 Å². The highest BCUT2D eigenvalue weighted by atomic mass is 16.5. The molecule has 2 heterocycles. The number of ether oxygens (including phenoxy) is 1. The standard InChI is InChI=1S/C20H20N6O/c1-14-22-19(21-12-16-9-6-10-17(11-16)27-2)18-20(23-14)26(25-24-18)13-15-7-4-3-5-8-15/h3-11H,12-13H2,1-2H3,(H,21,22,23). The van der Waals surface area contributed by atoms with Gasteiger partial charge in [-0.25, -0.2) is 14.6 Å². The first kappa shape index (κ1) is 17.0. The van der Waals surface area contributed by atoms with Gasteiger partial charge in [0.25, 0.3) is 0 Å². The van der Waals surface area contributed by atoms with Gasteiger partial charge in [0, 0.05) is 6.54 Å². The van der Waals surface area contributed by atoms with Gasteiger partial charge in [-0.2, -0.15) is 0 Å². The highest BCUT2D eigenvalue weighted by Crippen LogP contribution is 2.20. The Bertz CT molecular complexity index is 1060. The van der Waals surface area contributed by atoms with Gasteiger partial charge in [0.1, 0.15) is 11.6 Å². The first-order chi connectivity index (χ1) is 13.2. The van der Waals surface area contributed by atoms with Crippen LogP contribution in [0.15, 0.2) is 54.6 Å². The van der Waals surface area contributed by atoms with E-state index in [-0.39, 0.29) is 0 Å². The minimum Gasteiger partial charge on any atom is -0.497 e. The zero-order valence-electron chi connectivity index (χ0n) is 15.3. The molecule has 0 spiro atoms. The lowest BCUT2D eigenvalue weighted by atomic mass is 10.2. The van der Waals surface area contributed by atoms with E-state index >= 15 is 0 Å². The Morgan fingerprint density at radius 3 is 2.63 bits per heavy atom. The van der Waals surface area contributed by atoms with Crippen LogP contribution in [0.25, 0.3) is 11.2 Å². The van der Waals surface area contributed by atoms with Crippen LogP contribution >= 0.6 is 0 Å². The predicted octanol–water partition coefficient (Wildman–Crippen LogP) is 3.20. The molecule has 0 unspecified atom stereocenters. The summed E-state index contributed by atoms with van der Waals surface area (Å²) in [5.74, 6) is 2.18. The molecule has 0 bridgehead atoms. The molecule has 1 N–H and O–H groups in total. The first-order valence-corrected chi connectivity index (χ1v) is 8.71. The number of nitrogens with zero attached hydrogens (tertiary/aromatic N) is 5. The largest absolute Gasteiger partial charge is 0.497 e.